The summed E-state index contributed by atoms with van der Waals surface area (Å²) >= 11 is 0. The largest absolute Gasteiger partial charge is 0.491 e. The minimum absolute atomic E-state index is 0.0256. The molecule has 1 aromatic carbocycles. The second-order valence-electron chi connectivity index (χ2n) is 4.36. The molecule has 0 heterocycles. The number of primary amides is 1. The molecule has 94 valence electrons. The van der Waals surface area contributed by atoms with Crippen LogP contribution in [0.2, 0.25) is 0 Å². The second kappa shape index (κ2) is 5.57. The topological polar surface area (TPSA) is 61.5 Å². The third-order valence-corrected chi connectivity index (χ3v) is 1.95. The number of nitrogens with two attached hydrogens (primary N) is 1. The first-order valence-electron chi connectivity index (χ1n) is 5.67. The van der Waals surface area contributed by atoms with Crippen molar-refractivity contribution in [3.63, 3.8) is 0 Å². The number of carbonyl (C=O) groups excluding carboxylic acids is 1. The summed E-state index contributed by atoms with van der Waals surface area (Å²) in [6.07, 6.45) is 0.0451. The molecule has 0 unspecified atom stereocenters. The lowest BCUT2D eigenvalue weighted by molar-refractivity contribution is 0.0994. The second-order valence-corrected chi connectivity index (χ2v) is 4.36. The van der Waals surface area contributed by atoms with Crippen molar-refractivity contribution in [2.24, 2.45) is 5.73 Å². The monoisotopic (exact) mass is 237 g/mol. The number of amides is 1. The zero-order chi connectivity index (χ0) is 13.0. The lowest BCUT2D eigenvalue weighted by atomic mass is 10.2. The average molecular weight is 237 g/mol. The Kier molecular flexibility index (Phi) is 4.37. The van der Waals surface area contributed by atoms with Gasteiger partial charge in [0, 0.05) is 6.07 Å². The van der Waals surface area contributed by atoms with Gasteiger partial charge in [-0.05, 0) is 39.8 Å². The molecule has 0 fully saturated rings. The molecule has 0 aliphatic rings. The van der Waals surface area contributed by atoms with Gasteiger partial charge in [-0.15, -0.1) is 0 Å². The summed E-state index contributed by atoms with van der Waals surface area (Å²) in [7, 11) is 0. The van der Waals surface area contributed by atoms with Gasteiger partial charge < -0.3 is 15.2 Å². The first-order chi connectivity index (χ1) is 7.90. The van der Waals surface area contributed by atoms with E-state index in [0.29, 0.717) is 17.1 Å². The molecule has 0 aliphatic heterocycles. The summed E-state index contributed by atoms with van der Waals surface area (Å²) in [6, 6.07) is 5.03. The Labute approximate surface area is 102 Å². The Balaban J connectivity index is 3.05. The van der Waals surface area contributed by atoms with Crippen molar-refractivity contribution in [3.8, 4) is 11.5 Å². The average Bonchev–Trinajstić information content (AvgIpc) is 2.15. The first kappa shape index (κ1) is 13.4. The zero-order valence-electron chi connectivity index (χ0n) is 10.7. The van der Waals surface area contributed by atoms with Crippen LogP contribution < -0.4 is 15.2 Å². The minimum Gasteiger partial charge on any atom is -0.491 e. The smallest absolute Gasteiger partial charge is 0.252 e. The normalized spacial score (nSPS) is 10.7. The fourth-order valence-corrected chi connectivity index (χ4v) is 1.40. The van der Waals surface area contributed by atoms with Crippen LogP contribution in [0.4, 0.5) is 0 Å². The number of carbonyl (C=O) groups is 1. The number of rotatable bonds is 5. The van der Waals surface area contributed by atoms with Crippen molar-refractivity contribution >= 4 is 5.91 Å². The van der Waals surface area contributed by atoms with Gasteiger partial charge in [-0.3, -0.25) is 4.79 Å². The maximum atomic E-state index is 11.2. The molecule has 0 bridgehead atoms. The van der Waals surface area contributed by atoms with E-state index in [1.54, 1.807) is 18.2 Å². The molecule has 0 aliphatic carbocycles. The highest BCUT2D eigenvalue weighted by molar-refractivity contribution is 5.95. The maximum absolute atomic E-state index is 11.2. The van der Waals surface area contributed by atoms with Gasteiger partial charge in [-0.2, -0.15) is 0 Å². The third kappa shape index (κ3) is 3.98. The molecule has 4 nitrogen and oxygen atoms in total. The fraction of sp³-hybridized carbons (Fsp3) is 0.462. The van der Waals surface area contributed by atoms with E-state index >= 15 is 0 Å². The Morgan fingerprint density at radius 2 is 1.71 bits per heavy atom. The van der Waals surface area contributed by atoms with Gasteiger partial charge in [0.1, 0.15) is 11.5 Å². The van der Waals surface area contributed by atoms with E-state index in [9.17, 15) is 4.79 Å². The number of benzene rings is 1. The molecule has 0 saturated carbocycles. The summed E-state index contributed by atoms with van der Waals surface area (Å²) in [5.41, 5.74) is 5.65. The van der Waals surface area contributed by atoms with E-state index in [-0.39, 0.29) is 12.2 Å². The summed E-state index contributed by atoms with van der Waals surface area (Å²) in [5, 5.41) is 0. The van der Waals surface area contributed by atoms with Crippen LogP contribution in [0.25, 0.3) is 0 Å². The fourth-order valence-electron chi connectivity index (χ4n) is 1.40. The van der Waals surface area contributed by atoms with Gasteiger partial charge in [-0.25, -0.2) is 0 Å². The Morgan fingerprint density at radius 1 is 1.12 bits per heavy atom. The van der Waals surface area contributed by atoms with E-state index in [4.69, 9.17) is 15.2 Å². The first-order valence-corrected chi connectivity index (χ1v) is 5.67. The minimum atomic E-state index is -0.503. The predicted molar refractivity (Wildman–Crippen MR) is 66.5 cm³/mol. The van der Waals surface area contributed by atoms with Gasteiger partial charge in [0.2, 0.25) is 0 Å². The quantitative estimate of drug-likeness (QED) is 0.855. The lowest BCUT2D eigenvalue weighted by Gasteiger charge is -2.15. The molecule has 0 atom stereocenters. The van der Waals surface area contributed by atoms with Crippen molar-refractivity contribution in [2.75, 3.05) is 0 Å². The molecule has 1 aromatic rings. The van der Waals surface area contributed by atoms with Crippen LogP contribution in [0, 0.1) is 0 Å². The van der Waals surface area contributed by atoms with Gasteiger partial charge in [0.15, 0.2) is 0 Å². The van der Waals surface area contributed by atoms with Gasteiger partial charge >= 0.3 is 0 Å². The Morgan fingerprint density at radius 3 is 2.18 bits per heavy atom. The highest BCUT2D eigenvalue weighted by Gasteiger charge is 2.12. The Hall–Kier alpha value is -1.71. The van der Waals surface area contributed by atoms with Crippen molar-refractivity contribution in [2.45, 2.75) is 39.9 Å². The van der Waals surface area contributed by atoms with Crippen molar-refractivity contribution in [1.82, 2.24) is 0 Å². The van der Waals surface area contributed by atoms with E-state index in [1.807, 2.05) is 27.7 Å². The van der Waals surface area contributed by atoms with Gasteiger partial charge in [0.25, 0.3) is 5.91 Å². The van der Waals surface area contributed by atoms with Crippen molar-refractivity contribution in [3.05, 3.63) is 23.8 Å². The number of hydrogen-bond acceptors (Lipinski definition) is 3. The van der Waals surface area contributed by atoms with Crippen LogP contribution in [0.15, 0.2) is 18.2 Å². The summed E-state index contributed by atoms with van der Waals surface area (Å²) in [6.45, 7) is 7.65. The zero-order valence-corrected chi connectivity index (χ0v) is 10.7. The van der Waals surface area contributed by atoms with E-state index in [0.717, 1.165) is 0 Å². The van der Waals surface area contributed by atoms with E-state index in [1.165, 1.54) is 0 Å². The Bertz CT molecular complexity index is 400. The molecule has 0 radical (unpaired) electrons. The molecular weight excluding hydrogens is 218 g/mol. The van der Waals surface area contributed by atoms with Crippen LogP contribution in [-0.2, 0) is 0 Å². The number of hydrogen-bond donors (Lipinski definition) is 1. The lowest BCUT2D eigenvalue weighted by Crippen LogP contribution is -2.16. The SMILES string of the molecule is CC(C)Oc1ccc(C(N)=O)c(OC(C)C)c1. The highest BCUT2D eigenvalue weighted by atomic mass is 16.5. The molecule has 1 amide bonds. The van der Waals surface area contributed by atoms with Gasteiger partial charge in [0.05, 0.1) is 17.8 Å². The molecule has 17 heavy (non-hydrogen) atoms. The molecule has 1 rings (SSSR count). The van der Waals surface area contributed by atoms with Crippen LogP contribution in [0.5, 0.6) is 11.5 Å². The summed E-state index contributed by atoms with van der Waals surface area (Å²) < 4.78 is 11.1. The predicted octanol–water partition coefficient (Wildman–Crippen LogP) is 2.36. The van der Waals surface area contributed by atoms with Crippen LogP contribution >= 0.6 is 0 Å². The standard InChI is InChI=1S/C13H19NO3/c1-8(2)16-10-5-6-11(13(14)15)12(7-10)17-9(3)4/h5-9H,1-4H3,(H2,14,15). The third-order valence-electron chi connectivity index (χ3n) is 1.95. The molecule has 4 heteroatoms. The summed E-state index contributed by atoms with van der Waals surface area (Å²) in [4.78, 5) is 11.2. The molecule has 0 saturated heterocycles. The van der Waals surface area contributed by atoms with Crippen molar-refractivity contribution < 1.29 is 14.3 Å². The highest BCUT2D eigenvalue weighted by Crippen LogP contribution is 2.26. The maximum Gasteiger partial charge on any atom is 0.252 e. The van der Waals surface area contributed by atoms with E-state index < -0.39 is 5.91 Å². The van der Waals surface area contributed by atoms with Crippen LogP contribution in [0.1, 0.15) is 38.1 Å². The summed E-state index contributed by atoms with van der Waals surface area (Å²) in [5.74, 6) is 0.628. The van der Waals surface area contributed by atoms with Crippen LogP contribution in [-0.4, -0.2) is 18.1 Å². The van der Waals surface area contributed by atoms with Crippen molar-refractivity contribution in [1.29, 1.82) is 0 Å². The molecule has 2 N–H and O–H groups in total. The van der Waals surface area contributed by atoms with Gasteiger partial charge in [-0.1, -0.05) is 0 Å². The van der Waals surface area contributed by atoms with E-state index in [2.05, 4.69) is 0 Å². The number of ether oxygens (including phenoxy) is 2. The molecule has 0 aromatic heterocycles. The molecular formula is C13H19NO3. The molecule has 0 spiro atoms. The van der Waals surface area contributed by atoms with Crippen LogP contribution in [0.3, 0.4) is 0 Å².